The highest BCUT2D eigenvalue weighted by Crippen LogP contribution is 2.12. The average molecular weight is 284 g/mol. The molecule has 0 saturated carbocycles. The summed E-state index contributed by atoms with van der Waals surface area (Å²) >= 11 is 1.57. The second kappa shape index (κ2) is 7.25. The molecule has 0 fully saturated rings. The molecule has 1 aromatic heterocycles. The zero-order chi connectivity index (χ0) is 14.3. The lowest BCUT2D eigenvalue weighted by molar-refractivity contribution is -0.144. The van der Waals surface area contributed by atoms with Crippen molar-refractivity contribution in [2.75, 3.05) is 6.54 Å². The Hall–Kier alpha value is -1.40. The molecule has 1 rings (SSSR count). The minimum atomic E-state index is -1.05. The van der Waals surface area contributed by atoms with Crippen LogP contribution < -0.4 is 10.6 Å². The minimum Gasteiger partial charge on any atom is -0.480 e. The molecule has 0 aliphatic rings. The Morgan fingerprint density at radius 3 is 2.74 bits per heavy atom. The van der Waals surface area contributed by atoms with Crippen molar-refractivity contribution in [1.29, 1.82) is 0 Å². The van der Waals surface area contributed by atoms with Crippen molar-refractivity contribution in [1.82, 2.24) is 10.6 Å². The van der Waals surface area contributed by atoms with Crippen LogP contribution in [0.2, 0.25) is 0 Å². The topological polar surface area (TPSA) is 78.4 Å². The number of carbonyl (C=O) groups excluding carboxylic acids is 1. The molecule has 0 saturated heterocycles. The lowest BCUT2D eigenvalue weighted by atomic mass is 9.96. The molecule has 0 bridgehead atoms. The number of aliphatic carboxylic acids is 1. The number of thiophene rings is 1. The predicted octanol–water partition coefficient (Wildman–Crippen LogP) is 1.60. The first-order valence-electron chi connectivity index (χ1n) is 6.25. The van der Waals surface area contributed by atoms with Gasteiger partial charge in [-0.3, -0.25) is 14.9 Å². The highest BCUT2D eigenvalue weighted by molar-refractivity contribution is 7.09. The van der Waals surface area contributed by atoms with Crippen LogP contribution in [0, 0.1) is 0 Å². The SMILES string of the molecule is CCCC(C)(NCC(=O)NCc1cccs1)C(=O)O. The fourth-order valence-corrected chi connectivity index (χ4v) is 2.35. The molecule has 0 aromatic carbocycles. The van der Waals surface area contributed by atoms with Gasteiger partial charge >= 0.3 is 5.97 Å². The van der Waals surface area contributed by atoms with E-state index >= 15 is 0 Å². The predicted molar refractivity (Wildman–Crippen MR) is 75.1 cm³/mol. The largest absolute Gasteiger partial charge is 0.480 e. The molecule has 0 radical (unpaired) electrons. The van der Waals surface area contributed by atoms with E-state index in [-0.39, 0.29) is 12.5 Å². The van der Waals surface area contributed by atoms with Crippen LogP contribution in [0.25, 0.3) is 0 Å². The number of carboxylic acids is 1. The number of hydrogen-bond acceptors (Lipinski definition) is 4. The monoisotopic (exact) mass is 284 g/mol. The Balaban J connectivity index is 2.37. The summed E-state index contributed by atoms with van der Waals surface area (Å²) in [7, 11) is 0. The van der Waals surface area contributed by atoms with Crippen molar-refractivity contribution in [3.05, 3.63) is 22.4 Å². The van der Waals surface area contributed by atoms with Gasteiger partial charge in [-0.05, 0) is 24.8 Å². The van der Waals surface area contributed by atoms with Gasteiger partial charge in [-0.2, -0.15) is 0 Å². The van der Waals surface area contributed by atoms with Gasteiger partial charge in [-0.15, -0.1) is 11.3 Å². The maximum Gasteiger partial charge on any atom is 0.323 e. The van der Waals surface area contributed by atoms with Crippen molar-refractivity contribution in [3.63, 3.8) is 0 Å². The van der Waals surface area contributed by atoms with Crippen molar-refractivity contribution in [3.8, 4) is 0 Å². The first kappa shape index (κ1) is 15.7. The summed E-state index contributed by atoms with van der Waals surface area (Å²) in [5.74, 6) is -1.13. The van der Waals surface area contributed by atoms with Crippen molar-refractivity contribution in [2.45, 2.75) is 38.8 Å². The number of carbonyl (C=O) groups is 2. The molecule has 3 N–H and O–H groups in total. The summed E-state index contributed by atoms with van der Waals surface area (Å²) in [6.07, 6.45) is 1.23. The van der Waals surface area contributed by atoms with Gasteiger partial charge in [0.15, 0.2) is 0 Å². The fraction of sp³-hybridized carbons (Fsp3) is 0.538. The third kappa shape index (κ3) is 5.00. The van der Waals surface area contributed by atoms with Crippen LogP contribution in [-0.2, 0) is 16.1 Å². The van der Waals surface area contributed by atoms with Gasteiger partial charge in [0.05, 0.1) is 13.1 Å². The van der Waals surface area contributed by atoms with E-state index in [9.17, 15) is 9.59 Å². The van der Waals surface area contributed by atoms with Crippen LogP contribution in [0.15, 0.2) is 17.5 Å². The molecule has 6 heteroatoms. The van der Waals surface area contributed by atoms with E-state index in [4.69, 9.17) is 5.11 Å². The van der Waals surface area contributed by atoms with Crippen LogP contribution in [0.4, 0.5) is 0 Å². The number of amides is 1. The molecule has 0 spiro atoms. The maximum absolute atomic E-state index is 11.6. The maximum atomic E-state index is 11.6. The van der Waals surface area contributed by atoms with E-state index in [1.807, 2.05) is 24.4 Å². The van der Waals surface area contributed by atoms with E-state index < -0.39 is 11.5 Å². The van der Waals surface area contributed by atoms with Crippen molar-refractivity contribution < 1.29 is 14.7 Å². The second-order valence-corrected chi connectivity index (χ2v) is 5.63. The number of nitrogens with one attached hydrogen (secondary N) is 2. The molecule has 106 valence electrons. The fourth-order valence-electron chi connectivity index (χ4n) is 1.71. The normalized spacial score (nSPS) is 13.8. The Kier molecular flexibility index (Phi) is 5.98. The summed E-state index contributed by atoms with van der Waals surface area (Å²) < 4.78 is 0. The second-order valence-electron chi connectivity index (χ2n) is 4.60. The Morgan fingerprint density at radius 2 is 2.21 bits per heavy atom. The molecular formula is C13H20N2O3S. The van der Waals surface area contributed by atoms with E-state index in [1.54, 1.807) is 18.3 Å². The molecule has 0 aliphatic carbocycles. The molecule has 1 amide bonds. The van der Waals surface area contributed by atoms with E-state index in [2.05, 4.69) is 10.6 Å². The lowest BCUT2D eigenvalue weighted by Gasteiger charge is -2.25. The van der Waals surface area contributed by atoms with Gasteiger partial charge in [0.2, 0.25) is 5.91 Å². The van der Waals surface area contributed by atoms with E-state index in [1.165, 1.54) is 0 Å². The molecular weight excluding hydrogens is 264 g/mol. The third-order valence-corrected chi connectivity index (χ3v) is 3.78. The Morgan fingerprint density at radius 1 is 1.47 bits per heavy atom. The van der Waals surface area contributed by atoms with Crippen LogP contribution in [0.5, 0.6) is 0 Å². The number of hydrogen-bond donors (Lipinski definition) is 3. The van der Waals surface area contributed by atoms with Crippen LogP contribution in [0.3, 0.4) is 0 Å². The smallest absolute Gasteiger partial charge is 0.323 e. The molecule has 1 unspecified atom stereocenters. The van der Waals surface area contributed by atoms with Gasteiger partial charge in [0.1, 0.15) is 5.54 Å². The standard InChI is InChI=1S/C13H20N2O3S/c1-3-6-13(2,12(17)18)15-9-11(16)14-8-10-5-4-7-19-10/h4-5,7,15H,3,6,8-9H2,1-2H3,(H,14,16)(H,17,18). The van der Waals surface area contributed by atoms with Gasteiger partial charge in [-0.25, -0.2) is 0 Å². The van der Waals surface area contributed by atoms with E-state index in [0.29, 0.717) is 13.0 Å². The minimum absolute atomic E-state index is 0.00811. The van der Waals surface area contributed by atoms with Crippen LogP contribution in [-0.4, -0.2) is 29.1 Å². The lowest BCUT2D eigenvalue weighted by Crippen LogP contribution is -2.52. The Labute approximate surface area is 117 Å². The zero-order valence-electron chi connectivity index (χ0n) is 11.2. The van der Waals surface area contributed by atoms with Crippen molar-refractivity contribution in [2.24, 2.45) is 0 Å². The number of rotatable bonds is 8. The summed E-state index contributed by atoms with van der Waals surface area (Å²) in [4.78, 5) is 23.9. The zero-order valence-corrected chi connectivity index (χ0v) is 12.0. The van der Waals surface area contributed by atoms with Crippen molar-refractivity contribution >= 4 is 23.2 Å². The number of carboxylic acid groups (broad SMARTS) is 1. The highest BCUT2D eigenvalue weighted by Gasteiger charge is 2.31. The average Bonchev–Trinajstić information content (AvgIpc) is 2.87. The molecule has 5 nitrogen and oxygen atoms in total. The summed E-state index contributed by atoms with van der Waals surface area (Å²) in [6, 6.07) is 3.87. The van der Waals surface area contributed by atoms with Gasteiger partial charge in [0.25, 0.3) is 0 Å². The molecule has 19 heavy (non-hydrogen) atoms. The summed E-state index contributed by atoms with van der Waals surface area (Å²) in [6.45, 7) is 4.01. The quantitative estimate of drug-likeness (QED) is 0.677. The van der Waals surface area contributed by atoms with E-state index in [0.717, 1.165) is 11.3 Å². The van der Waals surface area contributed by atoms with Gasteiger partial charge in [0, 0.05) is 4.88 Å². The first-order valence-corrected chi connectivity index (χ1v) is 7.13. The summed E-state index contributed by atoms with van der Waals surface area (Å²) in [5.41, 5.74) is -1.05. The van der Waals surface area contributed by atoms with Crippen LogP contribution >= 0.6 is 11.3 Å². The van der Waals surface area contributed by atoms with Gasteiger partial charge < -0.3 is 10.4 Å². The molecule has 1 heterocycles. The first-order chi connectivity index (χ1) is 8.98. The Bertz CT molecular complexity index is 420. The molecule has 1 aromatic rings. The highest BCUT2D eigenvalue weighted by atomic mass is 32.1. The van der Waals surface area contributed by atoms with Crippen LogP contribution in [0.1, 0.15) is 31.6 Å². The molecule has 1 atom stereocenters. The summed E-state index contributed by atoms with van der Waals surface area (Å²) in [5, 5.41) is 16.7. The van der Waals surface area contributed by atoms with Gasteiger partial charge in [-0.1, -0.05) is 19.4 Å². The molecule has 0 aliphatic heterocycles. The third-order valence-electron chi connectivity index (χ3n) is 2.90.